The third-order valence-corrected chi connectivity index (χ3v) is 6.45. The van der Waals surface area contributed by atoms with Gasteiger partial charge in [0.2, 0.25) is 0 Å². The summed E-state index contributed by atoms with van der Waals surface area (Å²) in [7, 11) is 0. The van der Waals surface area contributed by atoms with Gasteiger partial charge >= 0.3 is 0 Å². The van der Waals surface area contributed by atoms with Crippen LogP contribution < -0.4 is 5.32 Å². The summed E-state index contributed by atoms with van der Waals surface area (Å²) in [6, 6.07) is 41.0. The van der Waals surface area contributed by atoms with Gasteiger partial charge in [-0.25, -0.2) is 5.32 Å². The van der Waals surface area contributed by atoms with Crippen LogP contribution in [0.5, 0.6) is 0 Å². The summed E-state index contributed by atoms with van der Waals surface area (Å²) in [4.78, 5) is 0. The van der Waals surface area contributed by atoms with E-state index in [1.807, 2.05) is 6.07 Å². The number of rotatable bonds is 2. The van der Waals surface area contributed by atoms with Gasteiger partial charge in [-0.05, 0) is 59.7 Å². The summed E-state index contributed by atoms with van der Waals surface area (Å²) in [5.41, 5.74) is 10.6. The first-order chi connectivity index (χ1) is 15.9. The van der Waals surface area contributed by atoms with Gasteiger partial charge in [-0.1, -0.05) is 66.7 Å². The smallest absolute Gasteiger partial charge is 0.0716 e. The number of para-hydroxylation sites is 3. The Bertz CT molecular complexity index is 1640. The van der Waals surface area contributed by atoms with Crippen LogP contribution in [0.1, 0.15) is 0 Å². The Hall–Kier alpha value is -4.30. The molecule has 0 unspecified atom stereocenters. The van der Waals surface area contributed by atoms with Gasteiger partial charge < -0.3 is 4.57 Å². The molecule has 1 aliphatic rings. The number of benzene rings is 5. The van der Waals surface area contributed by atoms with Crippen molar-refractivity contribution in [1.29, 1.82) is 0 Å². The molecule has 149 valence electrons. The molecule has 0 N–H and O–H groups in total. The fraction of sp³-hybridized carbons (Fsp3) is 0. The minimum Gasteiger partial charge on any atom is -0.309 e. The Morgan fingerprint density at radius 1 is 0.469 bits per heavy atom. The molecule has 2 heteroatoms. The van der Waals surface area contributed by atoms with Gasteiger partial charge in [0.1, 0.15) is 0 Å². The average molecular weight is 407 g/mol. The third-order valence-electron chi connectivity index (χ3n) is 6.45. The highest BCUT2D eigenvalue weighted by atomic mass is 15.0. The van der Waals surface area contributed by atoms with Crippen LogP contribution in [0.25, 0.3) is 49.7 Å². The molecule has 1 aromatic heterocycles. The zero-order valence-corrected chi connectivity index (χ0v) is 17.4. The van der Waals surface area contributed by atoms with E-state index in [-0.39, 0.29) is 0 Å². The Morgan fingerprint density at radius 3 is 2.09 bits per heavy atom. The second-order valence-electron chi connectivity index (χ2n) is 8.28. The molecule has 1 aliphatic heterocycles. The highest BCUT2D eigenvalue weighted by Crippen LogP contribution is 2.44. The lowest BCUT2D eigenvalue weighted by Gasteiger charge is -2.09. The van der Waals surface area contributed by atoms with E-state index in [1.165, 1.54) is 49.7 Å². The van der Waals surface area contributed by atoms with Crippen LogP contribution in [-0.2, 0) is 0 Å². The van der Waals surface area contributed by atoms with E-state index in [0.29, 0.717) is 0 Å². The van der Waals surface area contributed by atoms with Gasteiger partial charge in [-0.3, -0.25) is 0 Å². The molecule has 0 amide bonds. The van der Waals surface area contributed by atoms with E-state index in [1.54, 1.807) is 0 Å². The lowest BCUT2D eigenvalue weighted by Crippen LogP contribution is -1.92. The number of hydrogen-bond donors (Lipinski definition) is 0. The Labute approximate surface area is 186 Å². The Morgan fingerprint density at radius 2 is 1.16 bits per heavy atom. The average Bonchev–Trinajstić information content (AvgIpc) is 3.39. The van der Waals surface area contributed by atoms with Gasteiger partial charge in [-0.15, -0.1) is 0 Å². The van der Waals surface area contributed by atoms with Crippen molar-refractivity contribution in [3.63, 3.8) is 0 Å². The summed E-state index contributed by atoms with van der Waals surface area (Å²) < 4.78 is 2.35. The number of hydrogen-bond acceptors (Lipinski definition) is 0. The fourth-order valence-electron chi connectivity index (χ4n) is 4.97. The first kappa shape index (κ1) is 17.4. The van der Waals surface area contributed by atoms with E-state index < -0.39 is 0 Å². The minimum absolute atomic E-state index is 1.05. The zero-order chi connectivity index (χ0) is 21.1. The summed E-state index contributed by atoms with van der Waals surface area (Å²) in [5.74, 6) is 0. The van der Waals surface area contributed by atoms with Crippen LogP contribution in [0.2, 0.25) is 0 Å². The summed E-state index contributed by atoms with van der Waals surface area (Å²) in [6.07, 6.45) is 0. The van der Waals surface area contributed by atoms with Crippen LogP contribution in [0.4, 0.5) is 11.4 Å². The van der Waals surface area contributed by atoms with E-state index in [2.05, 4.69) is 114 Å². The summed E-state index contributed by atoms with van der Waals surface area (Å²) in [6.45, 7) is 0. The van der Waals surface area contributed by atoms with Crippen molar-refractivity contribution in [3.8, 4) is 27.9 Å². The third kappa shape index (κ3) is 2.47. The number of aromatic nitrogens is 1. The highest BCUT2D eigenvalue weighted by molar-refractivity contribution is 6.10. The van der Waals surface area contributed by atoms with Gasteiger partial charge in [0.15, 0.2) is 0 Å². The summed E-state index contributed by atoms with van der Waals surface area (Å²) >= 11 is 0. The van der Waals surface area contributed by atoms with Gasteiger partial charge in [0.25, 0.3) is 0 Å². The molecule has 0 saturated carbocycles. The quantitative estimate of drug-likeness (QED) is 0.276. The topological polar surface area (TPSA) is 19.0 Å². The lowest BCUT2D eigenvalue weighted by molar-refractivity contribution is 1.18. The van der Waals surface area contributed by atoms with Crippen molar-refractivity contribution in [2.45, 2.75) is 0 Å². The van der Waals surface area contributed by atoms with Gasteiger partial charge in [0.05, 0.1) is 22.4 Å². The Balaban J connectivity index is 1.45. The Kier molecular flexibility index (Phi) is 3.58. The van der Waals surface area contributed by atoms with Crippen molar-refractivity contribution >= 4 is 33.2 Å². The van der Waals surface area contributed by atoms with Crippen molar-refractivity contribution in [2.24, 2.45) is 0 Å². The fourth-order valence-corrected chi connectivity index (χ4v) is 4.97. The zero-order valence-electron chi connectivity index (χ0n) is 17.4. The van der Waals surface area contributed by atoms with E-state index in [9.17, 15) is 0 Å². The molecule has 1 radical (unpaired) electrons. The molecule has 7 rings (SSSR count). The van der Waals surface area contributed by atoms with Crippen LogP contribution in [0, 0.1) is 0 Å². The predicted octanol–water partition coefficient (Wildman–Crippen LogP) is 8.00. The second kappa shape index (κ2) is 6.60. The first-order valence-corrected chi connectivity index (χ1v) is 10.9. The van der Waals surface area contributed by atoms with Gasteiger partial charge in [0, 0.05) is 27.6 Å². The monoisotopic (exact) mass is 407 g/mol. The molecule has 0 bridgehead atoms. The maximum absolute atomic E-state index is 4.77. The van der Waals surface area contributed by atoms with Crippen molar-refractivity contribution in [1.82, 2.24) is 9.88 Å². The minimum atomic E-state index is 1.05. The van der Waals surface area contributed by atoms with E-state index >= 15 is 0 Å². The van der Waals surface area contributed by atoms with E-state index in [4.69, 9.17) is 5.32 Å². The highest BCUT2D eigenvalue weighted by Gasteiger charge is 2.20. The van der Waals surface area contributed by atoms with Crippen LogP contribution in [0.15, 0.2) is 115 Å². The first-order valence-electron chi connectivity index (χ1n) is 10.9. The molecule has 6 aromatic rings. The lowest BCUT2D eigenvalue weighted by atomic mass is 9.98. The molecular formula is C30H19N2. The molecule has 0 atom stereocenters. The maximum Gasteiger partial charge on any atom is 0.0716 e. The normalized spacial score (nSPS) is 12.0. The molecule has 0 fully saturated rings. The number of nitrogens with zero attached hydrogens (tertiary/aromatic N) is 2. The standard InChI is InChI=1S/C30H19N2/c1-2-8-22(9-3-1)32-29-13-7-5-11-24(29)26-19-21(15-17-30(26)32)20-14-16-28-25(18-20)23-10-4-6-12-27(23)31-28/h1-19H. The largest absolute Gasteiger partial charge is 0.309 e. The second-order valence-corrected chi connectivity index (χ2v) is 8.28. The SMILES string of the molecule is c1ccc(-n2c3ccccc3c3cc(-c4ccc5c(c4)-c4ccccc4[N]5)ccc32)cc1. The van der Waals surface area contributed by atoms with Crippen LogP contribution >= 0.6 is 0 Å². The van der Waals surface area contributed by atoms with Crippen molar-refractivity contribution < 1.29 is 0 Å². The molecular weight excluding hydrogens is 388 g/mol. The molecule has 2 heterocycles. The molecule has 0 aliphatic carbocycles. The van der Waals surface area contributed by atoms with Crippen LogP contribution in [0.3, 0.4) is 0 Å². The maximum atomic E-state index is 4.77. The molecule has 0 spiro atoms. The molecule has 2 nitrogen and oxygen atoms in total. The predicted molar refractivity (Wildman–Crippen MR) is 133 cm³/mol. The molecule has 32 heavy (non-hydrogen) atoms. The van der Waals surface area contributed by atoms with Gasteiger partial charge in [-0.2, -0.15) is 0 Å². The number of fused-ring (bicyclic) bond motifs is 6. The summed E-state index contributed by atoms with van der Waals surface area (Å²) in [5, 5.41) is 7.32. The van der Waals surface area contributed by atoms with E-state index in [0.717, 1.165) is 11.4 Å². The van der Waals surface area contributed by atoms with Crippen molar-refractivity contribution in [3.05, 3.63) is 115 Å². The van der Waals surface area contributed by atoms with Crippen molar-refractivity contribution in [2.75, 3.05) is 0 Å². The molecule has 5 aromatic carbocycles. The molecule has 0 saturated heterocycles. The van der Waals surface area contributed by atoms with Crippen LogP contribution in [-0.4, -0.2) is 4.57 Å².